The van der Waals surface area contributed by atoms with Gasteiger partial charge in [-0.2, -0.15) is 0 Å². The Balaban J connectivity index is 1.67. The number of halogens is 1. The molecule has 0 saturated carbocycles. The summed E-state index contributed by atoms with van der Waals surface area (Å²) in [5, 5.41) is 3.58. The Kier molecular flexibility index (Phi) is 9.73. The SMILES string of the molecule is CCC(C)N(C(=O)Cn1c(CCCNC(=O)Cc2ccccc2Cl)nc2ccccc21)C(C)CC. The third-order valence-electron chi connectivity index (χ3n) is 6.65. The van der Waals surface area contributed by atoms with Crippen molar-refractivity contribution in [1.29, 1.82) is 0 Å². The summed E-state index contributed by atoms with van der Waals surface area (Å²) in [5.74, 6) is 0.929. The molecule has 0 spiro atoms. The molecule has 1 aromatic heterocycles. The smallest absolute Gasteiger partial charge is 0.243 e. The summed E-state index contributed by atoms with van der Waals surface area (Å²) < 4.78 is 2.04. The topological polar surface area (TPSA) is 67.2 Å². The largest absolute Gasteiger partial charge is 0.356 e. The predicted molar refractivity (Wildman–Crippen MR) is 143 cm³/mol. The van der Waals surface area contributed by atoms with Crippen molar-refractivity contribution in [3.63, 3.8) is 0 Å². The highest BCUT2D eigenvalue weighted by Gasteiger charge is 2.25. The predicted octanol–water partition coefficient (Wildman–Crippen LogP) is 5.41. The Morgan fingerprint density at radius 2 is 1.69 bits per heavy atom. The highest BCUT2D eigenvalue weighted by Crippen LogP contribution is 2.20. The zero-order valence-electron chi connectivity index (χ0n) is 21.3. The molecule has 35 heavy (non-hydrogen) atoms. The fourth-order valence-corrected chi connectivity index (χ4v) is 4.58. The van der Waals surface area contributed by atoms with Gasteiger partial charge in [0.05, 0.1) is 17.5 Å². The lowest BCUT2D eigenvalue weighted by Crippen LogP contribution is -2.45. The van der Waals surface area contributed by atoms with Crippen molar-refractivity contribution in [2.75, 3.05) is 6.54 Å². The number of carbonyl (C=O) groups is 2. The molecule has 2 amide bonds. The maximum absolute atomic E-state index is 13.4. The number of para-hydroxylation sites is 2. The molecule has 188 valence electrons. The van der Waals surface area contributed by atoms with Crippen LogP contribution in [0.25, 0.3) is 11.0 Å². The van der Waals surface area contributed by atoms with Crippen LogP contribution < -0.4 is 5.32 Å². The van der Waals surface area contributed by atoms with Crippen molar-refractivity contribution in [2.45, 2.75) is 78.4 Å². The second-order valence-corrected chi connectivity index (χ2v) is 9.55. The number of aromatic nitrogens is 2. The van der Waals surface area contributed by atoms with Crippen LogP contribution in [0, 0.1) is 0 Å². The molecule has 0 aliphatic heterocycles. The van der Waals surface area contributed by atoms with Gasteiger partial charge in [0, 0.05) is 30.1 Å². The molecule has 0 fully saturated rings. The summed E-state index contributed by atoms with van der Waals surface area (Å²) in [4.78, 5) is 32.6. The Bertz CT molecular complexity index is 1130. The number of carbonyl (C=O) groups excluding carboxylic acids is 2. The monoisotopic (exact) mass is 496 g/mol. The molecule has 0 bridgehead atoms. The quantitative estimate of drug-likeness (QED) is 0.341. The van der Waals surface area contributed by atoms with E-state index in [1.165, 1.54) is 0 Å². The number of benzene rings is 2. The van der Waals surface area contributed by atoms with Crippen molar-refractivity contribution in [1.82, 2.24) is 19.8 Å². The summed E-state index contributed by atoms with van der Waals surface area (Å²) >= 11 is 6.16. The standard InChI is InChI=1S/C28H37ClN4O2/c1-5-20(3)33(21(4)6-2)28(35)19-32-25-15-10-9-14-24(25)31-26(32)16-11-17-30-27(34)18-22-12-7-8-13-23(22)29/h7-10,12-15,20-21H,5-6,11,16-19H2,1-4H3,(H,30,34). The first kappa shape index (κ1) is 26.7. The average Bonchev–Trinajstić information content (AvgIpc) is 3.20. The van der Waals surface area contributed by atoms with Gasteiger partial charge in [-0.1, -0.05) is 55.8 Å². The summed E-state index contributed by atoms with van der Waals surface area (Å²) in [6.07, 6.45) is 3.49. The Labute approximate surface area is 213 Å². The van der Waals surface area contributed by atoms with Gasteiger partial charge in [0.1, 0.15) is 12.4 Å². The molecule has 3 rings (SSSR count). The molecule has 1 heterocycles. The summed E-state index contributed by atoms with van der Waals surface area (Å²) in [5.41, 5.74) is 2.67. The normalized spacial score (nSPS) is 12.9. The number of nitrogens with zero attached hydrogens (tertiary/aromatic N) is 3. The zero-order valence-corrected chi connectivity index (χ0v) is 22.0. The molecular weight excluding hydrogens is 460 g/mol. The van der Waals surface area contributed by atoms with Gasteiger partial charge in [-0.15, -0.1) is 0 Å². The highest BCUT2D eigenvalue weighted by molar-refractivity contribution is 6.31. The Hall–Kier alpha value is -2.86. The van der Waals surface area contributed by atoms with Crippen molar-refractivity contribution in [3.05, 3.63) is 64.9 Å². The van der Waals surface area contributed by atoms with E-state index in [-0.39, 0.29) is 36.9 Å². The highest BCUT2D eigenvalue weighted by atomic mass is 35.5. The molecular formula is C28H37ClN4O2. The lowest BCUT2D eigenvalue weighted by atomic mass is 10.1. The third kappa shape index (κ3) is 6.85. The number of hydrogen-bond acceptors (Lipinski definition) is 3. The molecule has 1 N–H and O–H groups in total. The second-order valence-electron chi connectivity index (χ2n) is 9.14. The number of aryl methyl sites for hydroxylation is 1. The van der Waals surface area contributed by atoms with Crippen molar-refractivity contribution < 1.29 is 9.59 Å². The van der Waals surface area contributed by atoms with E-state index in [4.69, 9.17) is 16.6 Å². The maximum Gasteiger partial charge on any atom is 0.243 e. The summed E-state index contributed by atoms with van der Waals surface area (Å²) in [6, 6.07) is 15.7. The van der Waals surface area contributed by atoms with Crippen LogP contribution in [0.4, 0.5) is 0 Å². The van der Waals surface area contributed by atoms with E-state index in [1.807, 2.05) is 51.9 Å². The minimum absolute atomic E-state index is 0.0560. The molecule has 2 unspecified atom stereocenters. The molecule has 6 nitrogen and oxygen atoms in total. The summed E-state index contributed by atoms with van der Waals surface area (Å²) in [6.45, 7) is 9.26. The van der Waals surface area contributed by atoms with E-state index in [9.17, 15) is 9.59 Å². The number of fused-ring (bicyclic) bond motifs is 1. The minimum atomic E-state index is -0.0560. The van der Waals surface area contributed by atoms with Crippen LogP contribution in [0.1, 0.15) is 58.3 Å². The van der Waals surface area contributed by atoms with E-state index in [0.29, 0.717) is 18.0 Å². The van der Waals surface area contributed by atoms with Gasteiger partial charge in [0.2, 0.25) is 11.8 Å². The van der Waals surface area contributed by atoms with E-state index in [0.717, 1.165) is 41.7 Å². The average molecular weight is 497 g/mol. The first-order valence-corrected chi connectivity index (χ1v) is 13.0. The second kappa shape index (κ2) is 12.7. The number of nitrogens with one attached hydrogen (secondary N) is 1. The first-order chi connectivity index (χ1) is 16.8. The molecule has 2 aromatic carbocycles. The van der Waals surface area contributed by atoms with Gasteiger partial charge in [-0.25, -0.2) is 4.98 Å². The Morgan fingerprint density at radius 3 is 2.37 bits per heavy atom. The molecule has 0 saturated heterocycles. The fraction of sp³-hybridized carbons (Fsp3) is 0.464. The van der Waals surface area contributed by atoms with Crippen LogP contribution in [-0.2, 0) is 29.0 Å². The molecule has 0 aliphatic rings. The van der Waals surface area contributed by atoms with Crippen LogP contribution >= 0.6 is 11.6 Å². The maximum atomic E-state index is 13.4. The fourth-order valence-electron chi connectivity index (χ4n) is 4.38. The van der Waals surface area contributed by atoms with Crippen LogP contribution in [-0.4, -0.2) is 44.9 Å². The first-order valence-electron chi connectivity index (χ1n) is 12.6. The van der Waals surface area contributed by atoms with Crippen LogP contribution in [0.5, 0.6) is 0 Å². The van der Waals surface area contributed by atoms with E-state index < -0.39 is 0 Å². The zero-order chi connectivity index (χ0) is 25.4. The van der Waals surface area contributed by atoms with Crippen molar-refractivity contribution >= 4 is 34.4 Å². The number of hydrogen-bond donors (Lipinski definition) is 1. The van der Waals surface area contributed by atoms with Crippen molar-refractivity contribution in [2.24, 2.45) is 0 Å². The number of rotatable bonds is 12. The lowest BCUT2D eigenvalue weighted by Gasteiger charge is -2.34. The van der Waals surface area contributed by atoms with Gasteiger partial charge >= 0.3 is 0 Å². The van der Waals surface area contributed by atoms with Gasteiger partial charge in [-0.3, -0.25) is 9.59 Å². The molecule has 0 aliphatic carbocycles. The van der Waals surface area contributed by atoms with Gasteiger partial charge in [0.15, 0.2) is 0 Å². The molecule has 2 atom stereocenters. The lowest BCUT2D eigenvalue weighted by molar-refractivity contribution is -0.136. The van der Waals surface area contributed by atoms with Crippen molar-refractivity contribution in [3.8, 4) is 0 Å². The van der Waals surface area contributed by atoms with Gasteiger partial charge in [0.25, 0.3) is 0 Å². The van der Waals surface area contributed by atoms with E-state index in [2.05, 4.69) is 33.0 Å². The van der Waals surface area contributed by atoms with Crippen LogP contribution in [0.3, 0.4) is 0 Å². The van der Waals surface area contributed by atoms with Gasteiger partial charge in [-0.05, 0) is 56.9 Å². The number of imidazole rings is 1. The molecule has 3 aromatic rings. The minimum Gasteiger partial charge on any atom is -0.356 e. The Morgan fingerprint density at radius 1 is 1.03 bits per heavy atom. The summed E-state index contributed by atoms with van der Waals surface area (Å²) in [7, 11) is 0. The molecule has 7 heteroatoms. The third-order valence-corrected chi connectivity index (χ3v) is 7.02. The van der Waals surface area contributed by atoms with E-state index in [1.54, 1.807) is 6.07 Å². The van der Waals surface area contributed by atoms with Crippen LogP contribution in [0.2, 0.25) is 5.02 Å². The number of amides is 2. The van der Waals surface area contributed by atoms with Gasteiger partial charge < -0.3 is 14.8 Å². The molecule has 0 radical (unpaired) electrons. The van der Waals surface area contributed by atoms with E-state index >= 15 is 0 Å². The van der Waals surface area contributed by atoms with Crippen LogP contribution in [0.15, 0.2) is 48.5 Å².